The molecular formula is C18H20FNO3. The molecule has 2 aromatic rings. The number of hydrogen-bond acceptors (Lipinski definition) is 4. The van der Waals surface area contributed by atoms with E-state index in [0.29, 0.717) is 18.1 Å². The minimum Gasteiger partial charge on any atom is -0.488 e. The second-order valence-corrected chi connectivity index (χ2v) is 5.28. The van der Waals surface area contributed by atoms with Crippen LogP contribution in [0.15, 0.2) is 48.5 Å². The minimum atomic E-state index is -0.433. The smallest absolute Gasteiger partial charge is 0.204 e. The summed E-state index contributed by atoms with van der Waals surface area (Å²) >= 11 is 0. The average molecular weight is 317 g/mol. The molecule has 0 aromatic heterocycles. The number of benzene rings is 2. The fraction of sp³-hybridized carbons (Fsp3) is 0.333. The highest BCUT2D eigenvalue weighted by molar-refractivity contribution is 5.43. The highest BCUT2D eigenvalue weighted by atomic mass is 19.1. The molecule has 0 spiro atoms. The highest BCUT2D eigenvalue weighted by Gasteiger charge is 2.14. The van der Waals surface area contributed by atoms with E-state index < -0.39 is 5.82 Å². The van der Waals surface area contributed by atoms with Gasteiger partial charge in [-0.3, -0.25) is 4.90 Å². The van der Waals surface area contributed by atoms with Gasteiger partial charge in [0.15, 0.2) is 11.6 Å². The fourth-order valence-electron chi connectivity index (χ4n) is 2.42. The van der Waals surface area contributed by atoms with Crippen molar-refractivity contribution in [3.8, 4) is 17.2 Å². The Hall–Kier alpha value is -2.11. The molecule has 0 bridgehead atoms. The number of para-hydroxylation sites is 2. The van der Waals surface area contributed by atoms with Crippen LogP contribution in [0.4, 0.5) is 4.39 Å². The Morgan fingerprint density at radius 2 is 1.78 bits per heavy atom. The SMILES string of the molecule is Fc1cccc(OCCN2CCOCC2)c1Oc1ccccc1. The summed E-state index contributed by atoms with van der Waals surface area (Å²) in [5, 5.41) is 0. The molecule has 0 radical (unpaired) electrons. The monoisotopic (exact) mass is 317 g/mol. The van der Waals surface area contributed by atoms with Crippen LogP contribution in [0.25, 0.3) is 0 Å². The molecule has 0 N–H and O–H groups in total. The lowest BCUT2D eigenvalue weighted by Gasteiger charge is -2.26. The quantitative estimate of drug-likeness (QED) is 0.818. The molecule has 3 rings (SSSR count). The molecule has 1 aliphatic rings. The van der Waals surface area contributed by atoms with Crippen LogP contribution in [-0.4, -0.2) is 44.4 Å². The van der Waals surface area contributed by atoms with Crippen molar-refractivity contribution in [1.29, 1.82) is 0 Å². The molecule has 1 aliphatic heterocycles. The van der Waals surface area contributed by atoms with E-state index in [2.05, 4.69) is 4.90 Å². The zero-order chi connectivity index (χ0) is 15.9. The van der Waals surface area contributed by atoms with Gasteiger partial charge in [-0.2, -0.15) is 0 Å². The van der Waals surface area contributed by atoms with Crippen molar-refractivity contribution in [2.24, 2.45) is 0 Å². The normalized spacial score (nSPS) is 15.3. The van der Waals surface area contributed by atoms with Crippen molar-refractivity contribution in [3.63, 3.8) is 0 Å². The molecule has 0 saturated carbocycles. The predicted octanol–water partition coefficient (Wildman–Crippen LogP) is 3.33. The number of rotatable bonds is 6. The summed E-state index contributed by atoms with van der Waals surface area (Å²) in [7, 11) is 0. The summed E-state index contributed by atoms with van der Waals surface area (Å²) in [6.45, 7) is 4.57. The molecular weight excluding hydrogens is 297 g/mol. The largest absolute Gasteiger partial charge is 0.488 e. The molecule has 1 fully saturated rings. The molecule has 4 nitrogen and oxygen atoms in total. The third kappa shape index (κ3) is 4.43. The molecule has 5 heteroatoms. The molecule has 122 valence electrons. The van der Waals surface area contributed by atoms with Crippen LogP contribution in [0.2, 0.25) is 0 Å². The van der Waals surface area contributed by atoms with Gasteiger partial charge in [0.25, 0.3) is 0 Å². The standard InChI is InChI=1S/C18H20FNO3/c19-16-7-4-8-17(18(16)23-15-5-2-1-3-6-15)22-14-11-20-9-12-21-13-10-20/h1-8H,9-14H2. The van der Waals surface area contributed by atoms with Gasteiger partial charge < -0.3 is 14.2 Å². The summed E-state index contributed by atoms with van der Waals surface area (Å²) < 4.78 is 30.8. The van der Waals surface area contributed by atoms with E-state index in [1.54, 1.807) is 24.3 Å². The third-order valence-corrected chi connectivity index (χ3v) is 3.66. The lowest BCUT2D eigenvalue weighted by molar-refractivity contribution is 0.0321. The Bertz CT molecular complexity index is 615. The fourth-order valence-corrected chi connectivity index (χ4v) is 2.42. The topological polar surface area (TPSA) is 30.9 Å². The lowest BCUT2D eigenvalue weighted by atomic mass is 10.3. The minimum absolute atomic E-state index is 0.126. The van der Waals surface area contributed by atoms with Crippen LogP contribution in [0.3, 0.4) is 0 Å². The zero-order valence-corrected chi connectivity index (χ0v) is 12.9. The first kappa shape index (κ1) is 15.8. The Labute approximate surface area is 135 Å². The van der Waals surface area contributed by atoms with Crippen molar-refractivity contribution in [2.75, 3.05) is 39.5 Å². The van der Waals surface area contributed by atoms with E-state index in [1.165, 1.54) is 6.07 Å². The lowest BCUT2D eigenvalue weighted by Crippen LogP contribution is -2.38. The Kier molecular flexibility index (Phi) is 5.45. The Balaban J connectivity index is 1.63. The van der Waals surface area contributed by atoms with Gasteiger partial charge in [-0.05, 0) is 24.3 Å². The first-order valence-corrected chi connectivity index (χ1v) is 7.77. The van der Waals surface area contributed by atoms with E-state index in [0.717, 1.165) is 32.8 Å². The van der Waals surface area contributed by atoms with Crippen LogP contribution in [-0.2, 0) is 4.74 Å². The van der Waals surface area contributed by atoms with E-state index in [4.69, 9.17) is 14.2 Å². The second kappa shape index (κ2) is 7.94. The van der Waals surface area contributed by atoms with Crippen LogP contribution in [0, 0.1) is 5.82 Å². The predicted molar refractivity (Wildman–Crippen MR) is 85.7 cm³/mol. The van der Waals surface area contributed by atoms with Gasteiger partial charge in [0.2, 0.25) is 5.75 Å². The van der Waals surface area contributed by atoms with Gasteiger partial charge in [0.05, 0.1) is 13.2 Å². The molecule has 1 heterocycles. The molecule has 0 atom stereocenters. The number of nitrogens with zero attached hydrogens (tertiary/aromatic N) is 1. The summed E-state index contributed by atoms with van der Waals surface area (Å²) in [5.74, 6) is 0.691. The van der Waals surface area contributed by atoms with E-state index in [9.17, 15) is 4.39 Å². The second-order valence-electron chi connectivity index (χ2n) is 5.28. The van der Waals surface area contributed by atoms with Crippen LogP contribution >= 0.6 is 0 Å². The molecule has 1 saturated heterocycles. The van der Waals surface area contributed by atoms with Gasteiger partial charge in [-0.25, -0.2) is 4.39 Å². The number of halogens is 1. The first-order chi connectivity index (χ1) is 11.3. The van der Waals surface area contributed by atoms with Gasteiger partial charge in [-0.1, -0.05) is 24.3 Å². The molecule has 23 heavy (non-hydrogen) atoms. The summed E-state index contributed by atoms with van der Waals surface area (Å²) in [6.07, 6.45) is 0. The average Bonchev–Trinajstić information content (AvgIpc) is 2.60. The van der Waals surface area contributed by atoms with Crippen LogP contribution < -0.4 is 9.47 Å². The highest BCUT2D eigenvalue weighted by Crippen LogP contribution is 2.34. The maximum Gasteiger partial charge on any atom is 0.204 e. The van der Waals surface area contributed by atoms with E-state index in [1.807, 2.05) is 18.2 Å². The van der Waals surface area contributed by atoms with E-state index >= 15 is 0 Å². The van der Waals surface area contributed by atoms with Crippen molar-refractivity contribution in [3.05, 3.63) is 54.3 Å². The number of ether oxygens (including phenoxy) is 3. The first-order valence-electron chi connectivity index (χ1n) is 7.77. The molecule has 2 aromatic carbocycles. The van der Waals surface area contributed by atoms with Gasteiger partial charge in [-0.15, -0.1) is 0 Å². The molecule has 0 unspecified atom stereocenters. The summed E-state index contributed by atoms with van der Waals surface area (Å²) in [5.41, 5.74) is 0. The van der Waals surface area contributed by atoms with E-state index in [-0.39, 0.29) is 5.75 Å². The van der Waals surface area contributed by atoms with Crippen molar-refractivity contribution in [2.45, 2.75) is 0 Å². The summed E-state index contributed by atoms with van der Waals surface area (Å²) in [4.78, 5) is 2.26. The molecule has 0 aliphatic carbocycles. The number of morpholine rings is 1. The Morgan fingerprint density at radius 1 is 1.00 bits per heavy atom. The van der Waals surface area contributed by atoms with Gasteiger partial charge in [0.1, 0.15) is 12.4 Å². The maximum atomic E-state index is 14.1. The van der Waals surface area contributed by atoms with Crippen LogP contribution in [0.1, 0.15) is 0 Å². The van der Waals surface area contributed by atoms with Crippen molar-refractivity contribution < 1.29 is 18.6 Å². The Morgan fingerprint density at radius 3 is 2.57 bits per heavy atom. The zero-order valence-electron chi connectivity index (χ0n) is 12.9. The van der Waals surface area contributed by atoms with Crippen molar-refractivity contribution in [1.82, 2.24) is 4.90 Å². The van der Waals surface area contributed by atoms with Gasteiger partial charge >= 0.3 is 0 Å². The van der Waals surface area contributed by atoms with Gasteiger partial charge in [0, 0.05) is 19.6 Å². The number of hydrogen-bond donors (Lipinski definition) is 0. The van der Waals surface area contributed by atoms with Crippen LogP contribution in [0.5, 0.6) is 17.2 Å². The maximum absolute atomic E-state index is 14.1. The molecule has 0 amide bonds. The summed E-state index contributed by atoms with van der Waals surface area (Å²) in [6, 6.07) is 13.8. The van der Waals surface area contributed by atoms with Crippen molar-refractivity contribution >= 4 is 0 Å². The third-order valence-electron chi connectivity index (χ3n) is 3.66.